The first kappa shape index (κ1) is 18.9. The predicted octanol–water partition coefficient (Wildman–Crippen LogP) is 4.73. The molecule has 2 aromatic rings. The molecule has 0 aromatic heterocycles. The minimum atomic E-state index is -0.407. The van der Waals surface area contributed by atoms with Gasteiger partial charge in [-0.2, -0.15) is 0 Å². The summed E-state index contributed by atoms with van der Waals surface area (Å²) in [6.45, 7) is 4.72. The molecule has 0 unspecified atom stereocenters. The third-order valence-corrected chi connectivity index (χ3v) is 3.87. The van der Waals surface area contributed by atoms with Crippen LogP contribution in [0.4, 0.5) is 5.69 Å². The number of para-hydroxylation sites is 2. The summed E-state index contributed by atoms with van der Waals surface area (Å²) in [6.07, 6.45) is 0.884. The summed E-state index contributed by atoms with van der Waals surface area (Å²) >= 11 is 6.27. The van der Waals surface area contributed by atoms with E-state index in [2.05, 4.69) is 19.2 Å². The zero-order valence-electron chi connectivity index (χ0n) is 14.5. The zero-order chi connectivity index (χ0) is 18.4. The van der Waals surface area contributed by atoms with Crippen molar-refractivity contribution in [2.75, 3.05) is 19.0 Å². The highest BCUT2D eigenvalue weighted by atomic mass is 35.5. The van der Waals surface area contributed by atoms with Crippen LogP contribution in [0.3, 0.4) is 0 Å². The van der Waals surface area contributed by atoms with Crippen LogP contribution < -0.4 is 14.8 Å². The molecule has 2 aromatic carbocycles. The third kappa shape index (κ3) is 5.03. The lowest BCUT2D eigenvalue weighted by Crippen LogP contribution is -2.12. The first-order valence-corrected chi connectivity index (χ1v) is 8.39. The highest BCUT2D eigenvalue weighted by molar-refractivity contribution is 6.32. The number of benzene rings is 2. The Balaban J connectivity index is 2.20. The molecule has 0 bridgehead atoms. The number of halogens is 1. The maximum absolute atomic E-state index is 12.4. The SMILES string of the molecule is COc1cc(C(=O)Nc2ccccc2O)cc(Cl)c1OCCC(C)C. The van der Waals surface area contributed by atoms with Crippen molar-refractivity contribution in [3.05, 3.63) is 47.0 Å². The number of ether oxygens (including phenoxy) is 2. The summed E-state index contributed by atoms with van der Waals surface area (Å²) in [5, 5.41) is 12.7. The van der Waals surface area contributed by atoms with Gasteiger partial charge in [-0.1, -0.05) is 37.6 Å². The van der Waals surface area contributed by atoms with Gasteiger partial charge in [0.25, 0.3) is 5.91 Å². The summed E-state index contributed by atoms with van der Waals surface area (Å²) in [7, 11) is 1.49. The molecule has 0 atom stereocenters. The average molecular weight is 364 g/mol. The van der Waals surface area contributed by atoms with Crippen LogP contribution in [0.2, 0.25) is 5.02 Å². The molecular weight excluding hydrogens is 342 g/mol. The van der Waals surface area contributed by atoms with Gasteiger partial charge in [-0.25, -0.2) is 0 Å². The van der Waals surface area contributed by atoms with Crippen molar-refractivity contribution in [2.45, 2.75) is 20.3 Å². The second-order valence-electron chi connectivity index (χ2n) is 5.99. The molecule has 0 saturated carbocycles. The molecule has 0 aliphatic rings. The van der Waals surface area contributed by atoms with Gasteiger partial charge in [0.1, 0.15) is 5.75 Å². The molecule has 0 saturated heterocycles. The van der Waals surface area contributed by atoms with E-state index in [-0.39, 0.29) is 5.75 Å². The van der Waals surface area contributed by atoms with Gasteiger partial charge in [0.05, 0.1) is 24.4 Å². The number of phenolic OH excluding ortho intramolecular Hbond substituents is 1. The number of carbonyl (C=O) groups is 1. The molecule has 0 heterocycles. The fraction of sp³-hybridized carbons (Fsp3) is 0.316. The molecule has 5 nitrogen and oxygen atoms in total. The topological polar surface area (TPSA) is 67.8 Å². The summed E-state index contributed by atoms with van der Waals surface area (Å²) in [4.78, 5) is 12.4. The summed E-state index contributed by atoms with van der Waals surface area (Å²) in [6, 6.07) is 9.57. The van der Waals surface area contributed by atoms with Crippen molar-refractivity contribution in [1.82, 2.24) is 0 Å². The van der Waals surface area contributed by atoms with Crippen LogP contribution in [0.5, 0.6) is 17.2 Å². The fourth-order valence-corrected chi connectivity index (χ4v) is 2.43. The van der Waals surface area contributed by atoms with Gasteiger partial charge in [0.15, 0.2) is 11.5 Å². The van der Waals surface area contributed by atoms with Crippen LogP contribution in [0, 0.1) is 5.92 Å². The standard InChI is InChI=1S/C19H22ClNO4/c1-12(2)8-9-25-18-14(20)10-13(11-17(18)24-3)19(23)21-15-6-4-5-7-16(15)22/h4-7,10-12,22H,8-9H2,1-3H3,(H,21,23). The summed E-state index contributed by atoms with van der Waals surface area (Å²) < 4.78 is 11.0. The molecule has 6 heteroatoms. The van der Waals surface area contributed by atoms with Gasteiger partial charge in [-0.05, 0) is 36.6 Å². The van der Waals surface area contributed by atoms with Crippen molar-refractivity contribution in [3.8, 4) is 17.2 Å². The molecule has 2 N–H and O–H groups in total. The summed E-state index contributed by atoms with van der Waals surface area (Å²) in [5.74, 6) is 0.897. The van der Waals surface area contributed by atoms with Gasteiger partial charge in [0.2, 0.25) is 0 Å². The second-order valence-corrected chi connectivity index (χ2v) is 6.40. The van der Waals surface area contributed by atoms with E-state index in [1.807, 2.05) is 0 Å². The lowest BCUT2D eigenvalue weighted by Gasteiger charge is -2.15. The summed E-state index contributed by atoms with van der Waals surface area (Å²) in [5.41, 5.74) is 0.626. The van der Waals surface area contributed by atoms with Crippen molar-refractivity contribution in [2.24, 2.45) is 5.92 Å². The van der Waals surface area contributed by atoms with Gasteiger partial charge < -0.3 is 19.9 Å². The molecule has 134 valence electrons. The zero-order valence-corrected chi connectivity index (χ0v) is 15.3. The predicted molar refractivity (Wildman–Crippen MR) is 99.0 cm³/mol. The molecule has 1 amide bonds. The van der Waals surface area contributed by atoms with Crippen molar-refractivity contribution < 1.29 is 19.4 Å². The minimum Gasteiger partial charge on any atom is -0.506 e. The quantitative estimate of drug-likeness (QED) is 0.698. The van der Waals surface area contributed by atoms with Crippen molar-refractivity contribution in [3.63, 3.8) is 0 Å². The number of hydrogen-bond acceptors (Lipinski definition) is 4. The van der Waals surface area contributed by atoms with Crippen LogP contribution in [-0.4, -0.2) is 24.7 Å². The third-order valence-electron chi connectivity index (χ3n) is 3.59. The Morgan fingerprint density at radius 3 is 2.64 bits per heavy atom. The lowest BCUT2D eigenvalue weighted by atomic mass is 10.1. The van der Waals surface area contributed by atoms with Gasteiger partial charge in [-0.3, -0.25) is 4.79 Å². The molecule has 0 radical (unpaired) electrons. The largest absolute Gasteiger partial charge is 0.506 e. The van der Waals surface area contributed by atoms with E-state index in [0.717, 1.165) is 6.42 Å². The molecule has 25 heavy (non-hydrogen) atoms. The van der Waals surface area contributed by atoms with Gasteiger partial charge in [-0.15, -0.1) is 0 Å². The minimum absolute atomic E-state index is 0.0115. The highest BCUT2D eigenvalue weighted by Gasteiger charge is 2.17. The van der Waals surface area contributed by atoms with Crippen LogP contribution in [0.15, 0.2) is 36.4 Å². The van der Waals surface area contributed by atoms with Crippen LogP contribution in [0.25, 0.3) is 0 Å². The van der Waals surface area contributed by atoms with Gasteiger partial charge >= 0.3 is 0 Å². The highest BCUT2D eigenvalue weighted by Crippen LogP contribution is 2.37. The number of hydrogen-bond donors (Lipinski definition) is 2. The Morgan fingerprint density at radius 2 is 2.00 bits per heavy atom. The smallest absolute Gasteiger partial charge is 0.255 e. The van der Waals surface area contributed by atoms with E-state index in [9.17, 15) is 9.90 Å². The number of methoxy groups -OCH3 is 1. The Labute approximate surface area is 152 Å². The van der Waals surface area contributed by atoms with Crippen LogP contribution in [-0.2, 0) is 0 Å². The molecule has 0 spiro atoms. The second kappa shape index (κ2) is 8.62. The average Bonchev–Trinajstić information content (AvgIpc) is 2.57. The number of phenols is 1. The number of aromatic hydroxyl groups is 1. The first-order valence-electron chi connectivity index (χ1n) is 8.02. The Morgan fingerprint density at radius 1 is 1.28 bits per heavy atom. The van der Waals surface area contributed by atoms with Crippen molar-refractivity contribution in [1.29, 1.82) is 0 Å². The monoisotopic (exact) mass is 363 g/mol. The van der Waals surface area contributed by atoms with Crippen LogP contribution >= 0.6 is 11.6 Å². The Kier molecular flexibility index (Phi) is 6.53. The maximum atomic E-state index is 12.4. The number of nitrogens with one attached hydrogen (secondary N) is 1. The molecule has 2 rings (SSSR count). The molecular formula is C19H22ClNO4. The Hall–Kier alpha value is -2.40. The van der Waals surface area contributed by atoms with E-state index in [1.165, 1.54) is 19.2 Å². The number of rotatable bonds is 7. The lowest BCUT2D eigenvalue weighted by molar-refractivity contribution is 0.102. The van der Waals surface area contributed by atoms with E-state index in [4.69, 9.17) is 21.1 Å². The molecule has 0 aliphatic heterocycles. The van der Waals surface area contributed by atoms with E-state index in [0.29, 0.717) is 40.3 Å². The van der Waals surface area contributed by atoms with Gasteiger partial charge in [0, 0.05) is 5.56 Å². The molecule has 0 aliphatic carbocycles. The number of amides is 1. The normalized spacial score (nSPS) is 10.6. The number of carbonyl (C=O) groups excluding carboxylic acids is 1. The first-order chi connectivity index (χ1) is 11.9. The maximum Gasteiger partial charge on any atom is 0.255 e. The van der Waals surface area contributed by atoms with Crippen molar-refractivity contribution >= 4 is 23.2 Å². The fourth-order valence-electron chi connectivity index (χ4n) is 2.16. The van der Waals surface area contributed by atoms with E-state index >= 15 is 0 Å². The Bertz CT molecular complexity index is 746. The number of anilines is 1. The molecule has 0 fully saturated rings. The van der Waals surface area contributed by atoms with Crippen LogP contribution in [0.1, 0.15) is 30.6 Å². The van der Waals surface area contributed by atoms with E-state index < -0.39 is 5.91 Å². The van der Waals surface area contributed by atoms with E-state index in [1.54, 1.807) is 24.3 Å².